The highest BCUT2D eigenvalue weighted by atomic mass is 32.2. The van der Waals surface area contributed by atoms with E-state index in [1.165, 1.54) is 16.0 Å². The van der Waals surface area contributed by atoms with Gasteiger partial charge in [0.2, 0.25) is 0 Å². The van der Waals surface area contributed by atoms with Gasteiger partial charge in [0.25, 0.3) is 0 Å². The lowest BCUT2D eigenvalue weighted by Crippen LogP contribution is -2.01. The van der Waals surface area contributed by atoms with Gasteiger partial charge < -0.3 is 4.74 Å². The maximum atomic E-state index is 5.72. The second-order valence-corrected chi connectivity index (χ2v) is 5.14. The molecule has 0 amide bonds. The van der Waals surface area contributed by atoms with Crippen LogP contribution >= 0.6 is 11.8 Å². The van der Waals surface area contributed by atoms with E-state index in [1.54, 1.807) is 11.8 Å². The molecule has 2 aromatic carbocycles. The van der Waals surface area contributed by atoms with Crippen molar-refractivity contribution in [2.75, 3.05) is 12.9 Å². The summed E-state index contributed by atoms with van der Waals surface area (Å²) in [4.78, 5) is 1.30. The molecule has 0 bridgehead atoms. The maximum Gasteiger partial charge on any atom is 0.119 e. The molecule has 0 unspecified atom stereocenters. The van der Waals surface area contributed by atoms with Crippen molar-refractivity contribution in [1.82, 2.24) is 0 Å². The standard InChI is InChI=1S/C16H18OS/c1-13-3-7-15(8-4-13)17-12-11-14-5-9-16(18-2)10-6-14/h3-10H,11-12H2,1-2H3. The van der Waals surface area contributed by atoms with Crippen LogP contribution in [-0.4, -0.2) is 12.9 Å². The summed E-state index contributed by atoms with van der Waals surface area (Å²) in [6, 6.07) is 16.8. The van der Waals surface area contributed by atoms with Gasteiger partial charge in [-0.3, -0.25) is 0 Å². The van der Waals surface area contributed by atoms with Gasteiger partial charge in [-0.25, -0.2) is 0 Å². The van der Waals surface area contributed by atoms with Gasteiger partial charge in [-0.2, -0.15) is 0 Å². The van der Waals surface area contributed by atoms with E-state index in [2.05, 4.69) is 49.6 Å². The fraction of sp³-hybridized carbons (Fsp3) is 0.250. The van der Waals surface area contributed by atoms with E-state index in [9.17, 15) is 0 Å². The first kappa shape index (κ1) is 13.0. The van der Waals surface area contributed by atoms with Crippen molar-refractivity contribution < 1.29 is 4.74 Å². The molecule has 2 rings (SSSR count). The van der Waals surface area contributed by atoms with Gasteiger partial charge in [0.15, 0.2) is 0 Å². The molecule has 1 nitrogen and oxygen atoms in total. The number of ether oxygens (including phenoxy) is 1. The first-order valence-electron chi connectivity index (χ1n) is 6.10. The smallest absolute Gasteiger partial charge is 0.119 e. The SMILES string of the molecule is CSc1ccc(CCOc2ccc(C)cc2)cc1. The fourth-order valence-electron chi connectivity index (χ4n) is 1.71. The zero-order valence-electron chi connectivity index (χ0n) is 10.8. The third-order valence-electron chi connectivity index (χ3n) is 2.84. The third kappa shape index (κ3) is 3.81. The van der Waals surface area contributed by atoms with Crippen LogP contribution in [0.1, 0.15) is 11.1 Å². The highest BCUT2D eigenvalue weighted by Crippen LogP contribution is 2.16. The molecule has 2 aromatic rings. The summed E-state index contributed by atoms with van der Waals surface area (Å²) in [5, 5.41) is 0. The number of hydrogen-bond donors (Lipinski definition) is 0. The third-order valence-corrected chi connectivity index (χ3v) is 3.58. The molecular weight excluding hydrogens is 240 g/mol. The number of rotatable bonds is 5. The minimum Gasteiger partial charge on any atom is -0.493 e. The van der Waals surface area contributed by atoms with Gasteiger partial charge >= 0.3 is 0 Å². The van der Waals surface area contributed by atoms with Crippen molar-refractivity contribution in [1.29, 1.82) is 0 Å². The van der Waals surface area contributed by atoms with Crippen LogP contribution in [0.2, 0.25) is 0 Å². The van der Waals surface area contributed by atoms with E-state index >= 15 is 0 Å². The van der Waals surface area contributed by atoms with Crippen LogP contribution in [0.25, 0.3) is 0 Å². The summed E-state index contributed by atoms with van der Waals surface area (Å²) < 4.78 is 5.72. The molecule has 0 atom stereocenters. The van der Waals surface area contributed by atoms with Crippen LogP contribution in [0, 0.1) is 6.92 Å². The molecule has 0 heterocycles. The molecule has 0 fully saturated rings. The van der Waals surface area contributed by atoms with Gasteiger partial charge in [0.1, 0.15) is 5.75 Å². The second kappa shape index (κ2) is 6.50. The molecule has 0 N–H and O–H groups in total. The molecule has 0 aliphatic rings. The van der Waals surface area contributed by atoms with Gasteiger partial charge in [-0.1, -0.05) is 29.8 Å². The number of hydrogen-bond acceptors (Lipinski definition) is 2. The first-order valence-corrected chi connectivity index (χ1v) is 7.33. The van der Waals surface area contributed by atoms with Crippen LogP contribution in [0.15, 0.2) is 53.4 Å². The van der Waals surface area contributed by atoms with E-state index in [0.29, 0.717) is 0 Å². The molecule has 0 saturated heterocycles. The van der Waals surface area contributed by atoms with Crippen molar-refractivity contribution in [3.05, 3.63) is 59.7 Å². The molecule has 0 aromatic heterocycles. The van der Waals surface area contributed by atoms with Gasteiger partial charge in [-0.05, 0) is 43.0 Å². The van der Waals surface area contributed by atoms with Crippen molar-refractivity contribution >= 4 is 11.8 Å². The average Bonchev–Trinajstić information content (AvgIpc) is 2.42. The summed E-state index contributed by atoms with van der Waals surface area (Å²) in [5.41, 5.74) is 2.58. The zero-order chi connectivity index (χ0) is 12.8. The Labute approximate surface area is 113 Å². The normalized spacial score (nSPS) is 10.3. The van der Waals surface area contributed by atoms with Gasteiger partial charge in [-0.15, -0.1) is 11.8 Å². The summed E-state index contributed by atoms with van der Waals surface area (Å²) in [6.07, 6.45) is 3.04. The van der Waals surface area contributed by atoms with Crippen LogP contribution in [-0.2, 0) is 6.42 Å². The fourth-order valence-corrected chi connectivity index (χ4v) is 2.12. The largest absolute Gasteiger partial charge is 0.493 e. The molecular formula is C16H18OS. The minimum atomic E-state index is 0.724. The molecule has 0 radical (unpaired) electrons. The highest BCUT2D eigenvalue weighted by molar-refractivity contribution is 7.98. The molecule has 94 valence electrons. The molecule has 0 saturated carbocycles. The quantitative estimate of drug-likeness (QED) is 0.738. The van der Waals surface area contributed by atoms with Gasteiger partial charge in [0.05, 0.1) is 6.61 Å². The molecule has 0 spiro atoms. The maximum absolute atomic E-state index is 5.72. The van der Waals surface area contributed by atoms with Crippen molar-refractivity contribution in [2.24, 2.45) is 0 Å². The number of benzene rings is 2. The zero-order valence-corrected chi connectivity index (χ0v) is 11.7. The Kier molecular flexibility index (Phi) is 4.71. The van der Waals surface area contributed by atoms with E-state index in [0.717, 1.165) is 18.8 Å². The Balaban J connectivity index is 1.82. The summed E-state index contributed by atoms with van der Waals surface area (Å²) in [5.74, 6) is 0.946. The van der Waals surface area contributed by atoms with E-state index in [-0.39, 0.29) is 0 Å². The van der Waals surface area contributed by atoms with Crippen LogP contribution in [0.5, 0.6) is 5.75 Å². The molecule has 18 heavy (non-hydrogen) atoms. The Morgan fingerprint density at radius 1 is 0.944 bits per heavy atom. The lowest BCUT2D eigenvalue weighted by atomic mass is 10.2. The Morgan fingerprint density at radius 2 is 1.61 bits per heavy atom. The van der Waals surface area contributed by atoms with E-state index in [4.69, 9.17) is 4.74 Å². The number of aryl methyl sites for hydroxylation is 1. The summed E-state index contributed by atoms with van der Waals surface area (Å²) >= 11 is 1.77. The lowest BCUT2D eigenvalue weighted by molar-refractivity contribution is 0.322. The monoisotopic (exact) mass is 258 g/mol. The van der Waals surface area contributed by atoms with E-state index in [1.807, 2.05) is 12.1 Å². The van der Waals surface area contributed by atoms with Gasteiger partial charge in [0, 0.05) is 11.3 Å². The minimum absolute atomic E-state index is 0.724. The molecule has 0 aliphatic heterocycles. The average molecular weight is 258 g/mol. The Bertz CT molecular complexity index is 473. The van der Waals surface area contributed by atoms with Crippen LogP contribution < -0.4 is 4.74 Å². The predicted octanol–water partition coefficient (Wildman–Crippen LogP) is 4.34. The van der Waals surface area contributed by atoms with Crippen LogP contribution in [0.4, 0.5) is 0 Å². The summed E-state index contributed by atoms with van der Waals surface area (Å²) in [7, 11) is 0. The number of thioether (sulfide) groups is 1. The predicted molar refractivity (Wildman–Crippen MR) is 78.6 cm³/mol. The Morgan fingerprint density at radius 3 is 2.22 bits per heavy atom. The molecule has 2 heteroatoms. The van der Waals surface area contributed by atoms with E-state index < -0.39 is 0 Å². The first-order chi connectivity index (χ1) is 8.78. The van der Waals surface area contributed by atoms with Crippen molar-refractivity contribution in [3.63, 3.8) is 0 Å². The second-order valence-electron chi connectivity index (χ2n) is 4.26. The lowest BCUT2D eigenvalue weighted by Gasteiger charge is -2.07. The highest BCUT2D eigenvalue weighted by Gasteiger charge is 1.96. The topological polar surface area (TPSA) is 9.23 Å². The summed E-state index contributed by atoms with van der Waals surface area (Å²) in [6.45, 7) is 2.80. The van der Waals surface area contributed by atoms with Crippen LogP contribution in [0.3, 0.4) is 0 Å². The van der Waals surface area contributed by atoms with Crippen molar-refractivity contribution in [3.8, 4) is 5.75 Å². The molecule has 0 aliphatic carbocycles. The van der Waals surface area contributed by atoms with Crippen molar-refractivity contribution in [2.45, 2.75) is 18.2 Å². The Hall–Kier alpha value is -1.41.